The quantitative estimate of drug-likeness (QED) is 0.638. The SMILES string of the molecule is O=C(Cn1cnc2sc3c(c2c1=O)CCC3)N(Cc1ccco1)C1=CCCCC1. The summed E-state index contributed by atoms with van der Waals surface area (Å²) in [7, 11) is 0. The van der Waals surface area contributed by atoms with Gasteiger partial charge in [0.1, 0.15) is 17.1 Å². The molecule has 7 heteroatoms. The summed E-state index contributed by atoms with van der Waals surface area (Å²) < 4.78 is 6.94. The molecule has 0 radical (unpaired) electrons. The summed E-state index contributed by atoms with van der Waals surface area (Å²) in [6.07, 6.45) is 12.4. The van der Waals surface area contributed by atoms with Crippen molar-refractivity contribution in [3.63, 3.8) is 0 Å². The molecule has 0 aromatic carbocycles. The van der Waals surface area contributed by atoms with Gasteiger partial charge in [0.25, 0.3) is 5.56 Å². The van der Waals surface area contributed by atoms with Gasteiger partial charge in [-0.25, -0.2) is 4.98 Å². The number of allylic oxidation sites excluding steroid dienone is 2. The Balaban J connectivity index is 1.46. The van der Waals surface area contributed by atoms with E-state index in [9.17, 15) is 9.59 Å². The molecule has 2 aliphatic rings. The van der Waals surface area contributed by atoms with Crippen LogP contribution in [0.3, 0.4) is 0 Å². The smallest absolute Gasteiger partial charge is 0.262 e. The minimum Gasteiger partial charge on any atom is -0.467 e. The van der Waals surface area contributed by atoms with Gasteiger partial charge in [-0.2, -0.15) is 0 Å². The van der Waals surface area contributed by atoms with E-state index < -0.39 is 0 Å². The molecule has 3 aromatic rings. The van der Waals surface area contributed by atoms with Gasteiger partial charge in [0.15, 0.2) is 0 Å². The van der Waals surface area contributed by atoms with Crippen molar-refractivity contribution in [2.24, 2.45) is 0 Å². The minimum absolute atomic E-state index is 0.00948. The molecule has 6 nitrogen and oxygen atoms in total. The predicted molar refractivity (Wildman–Crippen MR) is 112 cm³/mol. The molecule has 5 rings (SSSR count). The van der Waals surface area contributed by atoms with Crippen molar-refractivity contribution in [2.75, 3.05) is 0 Å². The maximum atomic E-state index is 13.3. The third kappa shape index (κ3) is 3.44. The number of fused-ring (bicyclic) bond motifs is 3. The van der Waals surface area contributed by atoms with Gasteiger partial charge in [-0.15, -0.1) is 11.3 Å². The molecule has 3 heterocycles. The van der Waals surface area contributed by atoms with Crippen LogP contribution in [0.4, 0.5) is 0 Å². The van der Waals surface area contributed by atoms with Gasteiger partial charge in [0, 0.05) is 10.6 Å². The first-order valence-electron chi connectivity index (χ1n) is 10.2. The van der Waals surface area contributed by atoms with Gasteiger partial charge in [-0.1, -0.05) is 6.08 Å². The van der Waals surface area contributed by atoms with Gasteiger partial charge in [0.2, 0.25) is 5.91 Å². The predicted octanol–water partition coefficient (Wildman–Crippen LogP) is 4.03. The van der Waals surface area contributed by atoms with Crippen molar-refractivity contribution < 1.29 is 9.21 Å². The summed E-state index contributed by atoms with van der Waals surface area (Å²) in [6, 6.07) is 3.70. The van der Waals surface area contributed by atoms with Crippen molar-refractivity contribution >= 4 is 27.5 Å². The largest absolute Gasteiger partial charge is 0.467 e. The highest BCUT2D eigenvalue weighted by Gasteiger charge is 2.24. The lowest BCUT2D eigenvalue weighted by molar-refractivity contribution is -0.130. The lowest BCUT2D eigenvalue weighted by Crippen LogP contribution is -2.36. The zero-order valence-corrected chi connectivity index (χ0v) is 17.0. The van der Waals surface area contributed by atoms with E-state index in [2.05, 4.69) is 11.1 Å². The van der Waals surface area contributed by atoms with Gasteiger partial charge in [-0.3, -0.25) is 14.2 Å². The molecule has 0 saturated heterocycles. The standard InChI is InChI=1S/C22H23N3O3S/c26-19(25(12-16-8-5-11-28-16)15-6-2-1-3-7-15)13-24-14-23-21-20(22(24)27)17-9-4-10-18(17)29-21/h5-6,8,11,14H,1-4,7,9-10,12-13H2. The molecule has 0 saturated carbocycles. The molecule has 29 heavy (non-hydrogen) atoms. The van der Waals surface area contributed by atoms with E-state index >= 15 is 0 Å². The molecule has 0 fully saturated rings. The lowest BCUT2D eigenvalue weighted by Gasteiger charge is -2.27. The van der Waals surface area contributed by atoms with Crippen LogP contribution in [-0.4, -0.2) is 20.4 Å². The maximum Gasteiger partial charge on any atom is 0.262 e. The molecule has 0 bridgehead atoms. The second-order valence-corrected chi connectivity index (χ2v) is 8.80. The van der Waals surface area contributed by atoms with E-state index in [0.29, 0.717) is 11.9 Å². The van der Waals surface area contributed by atoms with E-state index in [-0.39, 0.29) is 18.0 Å². The Kier molecular flexibility index (Phi) is 4.83. The van der Waals surface area contributed by atoms with Crippen LogP contribution in [0.2, 0.25) is 0 Å². The number of hydrogen-bond acceptors (Lipinski definition) is 5. The number of nitrogens with zero attached hydrogens (tertiary/aromatic N) is 3. The molecule has 1 amide bonds. The zero-order chi connectivity index (χ0) is 19.8. The third-order valence-electron chi connectivity index (χ3n) is 5.81. The zero-order valence-electron chi connectivity index (χ0n) is 16.2. The highest BCUT2D eigenvalue weighted by atomic mass is 32.1. The molecule has 0 aliphatic heterocycles. The summed E-state index contributed by atoms with van der Waals surface area (Å²) in [5, 5.41) is 0.715. The van der Waals surface area contributed by atoms with Crippen molar-refractivity contribution in [3.05, 3.63) is 63.1 Å². The lowest BCUT2D eigenvalue weighted by atomic mass is 10.0. The topological polar surface area (TPSA) is 68.3 Å². The number of aryl methyl sites for hydroxylation is 2. The van der Waals surface area contributed by atoms with Crippen LogP contribution in [0.1, 0.15) is 48.3 Å². The minimum atomic E-state index is -0.107. The molecule has 0 atom stereocenters. The van der Waals surface area contributed by atoms with E-state index in [0.717, 1.165) is 66.8 Å². The number of thiophene rings is 1. The summed E-state index contributed by atoms with van der Waals surface area (Å²) in [6.45, 7) is 0.375. The molecule has 150 valence electrons. The fourth-order valence-corrected chi connectivity index (χ4v) is 5.56. The summed E-state index contributed by atoms with van der Waals surface area (Å²) in [5.74, 6) is 0.631. The second kappa shape index (κ2) is 7.63. The average Bonchev–Trinajstić information content (AvgIpc) is 3.46. The van der Waals surface area contributed by atoms with Crippen LogP contribution < -0.4 is 5.56 Å². The molecule has 3 aromatic heterocycles. The summed E-state index contributed by atoms with van der Waals surface area (Å²) >= 11 is 1.62. The summed E-state index contributed by atoms with van der Waals surface area (Å²) in [5.41, 5.74) is 2.07. The molecule has 0 unspecified atom stereocenters. The highest BCUT2D eigenvalue weighted by molar-refractivity contribution is 7.18. The normalized spacial score (nSPS) is 16.1. The van der Waals surface area contributed by atoms with E-state index in [1.54, 1.807) is 22.5 Å². The van der Waals surface area contributed by atoms with Crippen molar-refractivity contribution in [3.8, 4) is 0 Å². The molecular formula is C22H23N3O3S. The van der Waals surface area contributed by atoms with Crippen LogP contribution in [0, 0.1) is 0 Å². The Morgan fingerprint density at radius 1 is 1.24 bits per heavy atom. The Morgan fingerprint density at radius 3 is 2.97 bits per heavy atom. The maximum absolute atomic E-state index is 13.3. The number of hydrogen-bond donors (Lipinski definition) is 0. The monoisotopic (exact) mass is 409 g/mol. The fraction of sp³-hybridized carbons (Fsp3) is 0.409. The molecule has 2 aliphatic carbocycles. The van der Waals surface area contributed by atoms with Crippen molar-refractivity contribution in [1.29, 1.82) is 0 Å². The summed E-state index contributed by atoms with van der Waals surface area (Å²) in [4.78, 5) is 34.7. The average molecular weight is 410 g/mol. The number of amides is 1. The van der Waals surface area contributed by atoms with Crippen LogP contribution in [-0.2, 0) is 30.7 Å². The number of aromatic nitrogens is 2. The van der Waals surface area contributed by atoms with E-state index in [4.69, 9.17) is 4.42 Å². The number of furan rings is 1. The molecular weight excluding hydrogens is 386 g/mol. The first-order chi connectivity index (χ1) is 14.2. The number of rotatable bonds is 5. The molecule has 0 spiro atoms. The van der Waals surface area contributed by atoms with Crippen LogP contribution in [0.15, 0.2) is 45.7 Å². The fourth-order valence-electron chi connectivity index (χ4n) is 4.34. The number of carbonyl (C=O) groups is 1. The van der Waals surface area contributed by atoms with Crippen LogP contribution in [0.5, 0.6) is 0 Å². The third-order valence-corrected chi connectivity index (χ3v) is 7.01. The van der Waals surface area contributed by atoms with Crippen molar-refractivity contribution in [2.45, 2.75) is 58.0 Å². The van der Waals surface area contributed by atoms with E-state index in [1.807, 2.05) is 12.1 Å². The van der Waals surface area contributed by atoms with Crippen LogP contribution >= 0.6 is 11.3 Å². The Bertz CT molecular complexity index is 1140. The Morgan fingerprint density at radius 2 is 2.17 bits per heavy atom. The van der Waals surface area contributed by atoms with Gasteiger partial charge >= 0.3 is 0 Å². The van der Waals surface area contributed by atoms with Gasteiger partial charge < -0.3 is 9.32 Å². The Hall–Kier alpha value is -2.67. The Labute approximate surface area is 172 Å². The van der Waals surface area contributed by atoms with E-state index in [1.165, 1.54) is 15.8 Å². The molecule has 0 N–H and O–H groups in total. The second-order valence-electron chi connectivity index (χ2n) is 7.72. The first kappa shape index (κ1) is 18.4. The highest BCUT2D eigenvalue weighted by Crippen LogP contribution is 2.34. The van der Waals surface area contributed by atoms with Gasteiger partial charge in [0.05, 0.1) is 24.5 Å². The number of carbonyl (C=O) groups excluding carboxylic acids is 1. The van der Waals surface area contributed by atoms with Gasteiger partial charge in [-0.05, 0) is 62.6 Å². The van der Waals surface area contributed by atoms with Crippen LogP contribution in [0.25, 0.3) is 10.2 Å². The first-order valence-corrected chi connectivity index (χ1v) is 11.0. The van der Waals surface area contributed by atoms with Crippen molar-refractivity contribution in [1.82, 2.24) is 14.5 Å².